The molecule has 0 saturated heterocycles. The Morgan fingerprint density at radius 3 is 2.86 bits per heavy atom. The second-order valence-corrected chi connectivity index (χ2v) is 9.74. The highest BCUT2D eigenvalue weighted by Gasteiger charge is 2.28. The average Bonchev–Trinajstić information content (AvgIpc) is 3.24. The monoisotopic (exact) mass is 503 g/mol. The van der Waals surface area contributed by atoms with Crippen molar-refractivity contribution < 1.29 is 14.3 Å². The molecular formula is C27H29N5O3S. The molecule has 36 heavy (non-hydrogen) atoms. The van der Waals surface area contributed by atoms with E-state index in [9.17, 15) is 14.9 Å². The van der Waals surface area contributed by atoms with Crippen molar-refractivity contribution in [3.05, 3.63) is 75.9 Å². The van der Waals surface area contributed by atoms with Gasteiger partial charge in [-0.1, -0.05) is 31.2 Å². The number of para-hydroxylation sites is 1. The van der Waals surface area contributed by atoms with Crippen molar-refractivity contribution in [1.29, 1.82) is 5.26 Å². The number of fused-ring (bicyclic) bond motifs is 1. The molecule has 3 aromatic rings. The van der Waals surface area contributed by atoms with Gasteiger partial charge in [0, 0.05) is 36.8 Å². The number of hydrogen-bond donors (Lipinski definition) is 2. The Hall–Kier alpha value is -3.90. The fraction of sp³-hybridized carbons (Fsp3) is 0.333. The van der Waals surface area contributed by atoms with E-state index < -0.39 is 0 Å². The largest absolute Gasteiger partial charge is 0.494 e. The predicted octanol–water partition coefficient (Wildman–Crippen LogP) is 4.81. The number of amides is 3. The maximum atomic E-state index is 12.9. The SMILES string of the molecule is CCOc1ccccc1C(C)CC(=O)Nc1sc2c(c1C#N)CCN(C(=O)NCc1cccnc1)C2. The molecule has 186 valence electrons. The summed E-state index contributed by atoms with van der Waals surface area (Å²) in [4.78, 5) is 32.3. The molecule has 4 rings (SSSR count). The van der Waals surface area contributed by atoms with E-state index in [0.717, 1.165) is 27.3 Å². The zero-order chi connectivity index (χ0) is 25.5. The third-order valence-electron chi connectivity index (χ3n) is 6.12. The second kappa shape index (κ2) is 11.7. The highest BCUT2D eigenvalue weighted by atomic mass is 32.1. The molecule has 8 nitrogen and oxygen atoms in total. The van der Waals surface area contributed by atoms with Gasteiger partial charge >= 0.3 is 6.03 Å². The molecular weight excluding hydrogens is 474 g/mol. The number of rotatable bonds is 8. The molecule has 2 aromatic heterocycles. The summed E-state index contributed by atoms with van der Waals surface area (Å²) < 4.78 is 5.71. The number of nitrogens with zero attached hydrogens (tertiary/aromatic N) is 3. The number of anilines is 1. The maximum absolute atomic E-state index is 12.9. The molecule has 0 saturated carbocycles. The molecule has 0 radical (unpaired) electrons. The lowest BCUT2D eigenvalue weighted by Crippen LogP contribution is -2.42. The normalized spacial score (nSPS) is 13.3. The Morgan fingerprint density at radius 1 is 1.28 bits per heavy atom. The first kappa shape index (κ1) is 25.2. The zero-order valence-corrected chi connectivity index (χ0v) is 21.2. The van der Waals surface area contributed by atoms with E-state index in [0.29, 0.717) is 43.2 Å². The number of thiophene rings is 1. The highest BCUT2D eigenvalue weighted by molar-refractivity contribution is 7.16. The van der Waals surface area contributed by atoms with Crippen LogP contribution in [0.2, 0.25) is 0 Å². The molecule has 0 aliphatic carbocycles. The second-order valence-electron chi connectivity index (χ2n) is 8.64. The Kier molecular flexibility index (Phi) is 8.18. The average molecular weight is 504 g/mol. The summed E-state index contributed by atoms with van der Waals surface area (Å²) >= 11 is 1.37. The van der Waals surface area contributed by atoms with Crippen molar-refractivity contribution >= 4 is 28.3 Å². The molecule has 1 aliphatic rings. The number of ether oxygens (including phenoxy) is 1. The molecule has 3 amide bonds. The Morgan fingerprint density at radius 2 is 2.11 bits per heavy atom. The number of aromatic nitrogens is 1. The minimum atomic E-state index is -0.163. The van der Waals surface area contributed by atoms with E-state index in [1.165, 1.54) is 11.3 Å². The number of pyridine rings is 1. The lowest BCUT2D eigenvalue weighted by atomic mass is 9.96. The van der Waals surface area contributed by atoms with Crippen LogP contribution in [0.25, 0.3) is 0 Å². The summed E-state index contributed by atoms with van der Waals surface area (Å²) in [7, 11) is 0. The fourth-order valence-corrected chi connectivity index (χ4v) is 5.55. The van der Waals surface area contributed by atoms with Crippen molar-refractivity contribution in [3.8, 4) is 11.8 Å². The Balaban J connectivity index is 1.40. The smallest absolute Gasteiger partial charge is 0.318 e. The highest BCUT2D eigenvalue weighted by Crippen LogP contribution is 2.37. The first-order valence-electron chi connectivity index (χ1n) is 12.0. The van der Waals surface area contributed by atoms with Gasteiger partial charge in [0.1, 0.15) is 16.8 Å². The number of urea groups is 1. The standard InChI is InChI=1S/C27H29N5O3S/c1-3-35-23-9-5-4-8-20(23)18(2)13-25(33)31-26-22(14-28)21-10-12-32(17-24(21)36-26)27(34)30-16-19-7-6-11-29-15-19/h4-9,11,15,18H,3,10,12-13,16-17H2,1-2H3,(H,30,34)(H,31,33). The number of nitrogens with one attached hydrogen (secondary N) is 2. The molecule has 1 atom stereocenters. The van der Waals surface area contributed by atoms with Crippen molar-refractivity contribution in [3.63, 3.8) is 0 Å². The van der Waals surface area contributed by atoms with Crippen molar-refractivity contribution in [1.82, 2.24) is 15.2 Å². The number of nitriles is 1. The van der Waals surface area contributed by atoms with Gasteiger partial charge in [-0.15, -0.1) is 11.3 Å². The fourth-order valence-electron chi connectivity index (χ4n) is 4.32. The molecule has 1 aliphatic heterocycles. The van der Waals surface area contributed by atoms with Gasteiger partial charge in [0.15, 0.2) is 0 Å². The van der Waals surface area contributed by atoms with Gasteiger partial charge in [-0.05, 0) is 48.1 Å². The van der Waals surface area contributed by atoms with Crippen LogP contribution in [0.1, 0.15) is 53.3 Å². The minimum absolute atomic E-state index is 0.0492. The predicted molar refractivity (Wildman–Crippen MR) is 139 cm³/mol. The number of benzene rings is 1. The number of carbonyl (C=O) groups is 2. The molecule has 1 aromatic carbocycles. The molecule has 1 unspecified atom stereocenters. The van der Waals surface area contributed by atoms with E-state index in [4.69, 9.17) is 4.74 Å². The van der Waals surface area contributed by atoms with E-state index in [2.05, 4.69) is 21.7 Å². The van der Waals surface area contributed by atoms with Gasteiger partial charge in [-0.2, -0.15) is 5.26 Å². The number of hydrogen-bond acceptors (Lipinski definition) is 6. The van der Waals surface area contributed by atoms with Crippen LogP contribution in [0, 0.1) is 11.3 Å². The lowest BCUT2D eigenvalue weighted by molar-refractivity contribution is -0.116. The first-order valence-corrected chi connectivity index (χ1v) is 12.8. The molecule has 0 fully saturated rings. The van der Waals surface area contributed by atoms with E-state index in [1.54, 1.807) is 17.3 Å². The van der Waals surface area contributed by atoms with E-state index >= 15 is 0 Å². The van der Waals surface area contributed by atoms with Gasteiger partial charge in [0.2, 0.25) is 5.91 Å². The van der Waals surface area contributed by atoms with Crippen molar-refractivity contribution in [2.45, 2.75) is 45.7 Å². The van der Waals surface area contributed by atoms with Crippen LogP contribution in [0.3, 0.4) is 0 Å². The van der Waals surface area contributed by atoms with Crippen LogP contribution in [0.15, 0.2) is 48.8 Å². The summed E-state index contributed by atoms with van der Waals surface area (Å²) in [5, 5.41) is 16.2. The van der Waals surface area contributed by atoms with Crippen molar-refractivity contribution in [2.24, 2.45) is 0 Å². The first-order chi connectivity index (χ1) is 17.5. The van der Waals surface area contributed by atoms with Crippen LogP contribution in [0.4, 0.5) is 9.80 Å². The van der Waals surface area contributed by atoms with Crippen molar-refractivity contribution in [2.75, 3.05) is 18.5 Å². The van der Waals surface area contributed by atoms with Crippen LogP contribution in [-0.2, 0) is 24.3 Å². The Labute approximate surface area is 214 Å². The molecule has 0 bridgehead atoms. The summed E-state index contributed by atoms with van der Waals surface area (Å²) in [6, 6.07) is 13.6. The molecule has 3 heterocycles. The topological polar surface area (TPSA) is 107 Å². The Bertz CT molecular complexity index is 1270. The van der Waals surface area contributed by atoms with Crippen LogP contribution >= 0.6 is 11.3 Å². The van der Waals surface area contributed by atoms with Gasteiger partial charge < -0.3 is 20.3 Å². The summed E-state index contributed by atoms with van der Waals surface area (Å²) in [5.41, 5.74) is 3.33. The third-order valence-corrected chi connectivity index (χ3v) is 7.25. The molecule has 9 heteroatoms. The lowest BCUT2D eigenvalue weighted by Gasteiger charge is -2.27. The van der Waals surface area contributed by atoms with Crippen LogP contribution in [0.5, 0.6) is 5.75 Å². The van der Waals surface area contributed by atoms with E-state index in [-0.39, 0.29) is 24.3 Å². The zero-order valence-electron chi connectivity index (χ0n) is 20.4. The van der Waals surface area contributed by atoms with E-state index in [1.807, 2.05) is 50.2 Å². The summed E-state index contributed by atoms with van der Waals surface area (Å²) in [5.74, 6) is 0.577. The summed E-state index contributed by atoms with van der Waals surface area (Å²) in [6.45, 7) is 5.79. The quantitative estimate of drug-likeness (QED) is 0.459. The number of carbonyl (C=O) groups excluding carboxylic acids is 2. The minimum Gasteiger partial charge on any atom is -0.494 e. The third kappa shape index (κ3) is 5.83. The van der Waals surface area contributed by atoms with Gasteiger partial charge in [0.05, 0.1) is 18.7 Å². The molecule has 2 N–H and O–H groups in total. The van der Waals surface area contributed by atoms with Gasteiger partial charge in [-0.3, -0.25) is 9.78 Å². The maximum Gasteiger partial charge on any atom is 0.318 e. The van der Waals surface area contributed by atoms with Crippen LogP contribution < -0.4 is 15.4 Å². The molecule has 0 spiro atoms. The summed E-state index contributed by atoms with van der Waals surface area (Å²) in [6.07, 6.45) is 4.25. The van der Waals surface area contributed by atoms with Crippen LogP contribution in [-0.4, -0.2) is 35.0 Å². The van der Waals surface area contributed by atoms with Gasteiger partial charge in [-0.25, -0.2) is 4.79 Å². The van der Waals surface area contributed by atoms with Gasteiger partial charge in [0.25, 0.3) is 0 Å².